The summed E-state index contributed by atoms with van der Waals surface area (Å²) < 4.78 is 0. The van der Waals surface area contributed by atoms with Gasteiger partial charge in [-0.15, -0.1) is 0 Å². The summed E-state index contributed by atoms with van der Waals surface area (Å²) in [4.78, 5) is 29.1. The lowest BCUT2D eigenvalue weighted by Gasteiger charge is -2.38. The predicted molar refractivity (Wildman–Crippen MR) is 114 cm³/mol. The smallest absolute Gasteiger partial charge is 0.225 e. The molecule has 0 bridgehead atoms. The van der Waals surface area contributed by atoms with Crippen LogP contribution in [0.25, 0.3) is 0 Å². The van der Waals surface area contributed by atoms with Crippen molar-refractivity contribution in [3.63, 3.8) is 0 Å². The summed E-state index contributed by atoms with van der Waals surface area (Å²) in [6, 6.07) is 7.99. The van der Waals surface area contributed by atoms with E-state index in [0.29, 0.717) is 43.9 Å². The molecule has 1 heterocycles. The number of nitrogens with two attached hydrogens (primary N) is 1. The zero-order chi connectivity index (χ0) is 20.2. The Morgan fingerprint density at radius 3 is 1.90 bits per heavy atom. The van der Waals surface area contributed by atoms with Crippen molar-refractivity contribution in [2.24, 2.45) is 17.8 Å². The van der Waals surface area contributed by atoms with Crippen LogP contribution in [0.1, 0.15) is 44.1 Å². The van der Waals surface area contributed by atoms with Gasteiger partial charge in [0.05, 0.1) is 0 Å². The first-order valence-corrected chi connectivity index (χ1v) is 11.2. The number of carbonyl (C=O) groups is 2. The highest BCUT2D eigenvalue weighted by Crippen LogP contribution is 2.32. The van der Waals surface area contributed by atoms with Gasteiger partial charge >= 0.3 is 0 Å². The number of rotatable bonds is 6. The van der Waals surface area contributed by atoms with Gasteiger partial charge in [0.1, 0.15) is 0 Å². The number of amides is 2. The quantitative estimate of drug-likeness (QED) is 0.721. The fourth-order valence-electron chi connectivity index (χ4n) is 4.71. The normalized spacial score (nSPS) is 25.1. The van der Waals surface area contributed by atoms with E-state index >= 15 is 0 Å². The Morgan fingerprint density at radius 2 is 1.38 bits per heavy atom. The van der Waals surface area contributed by atoms with Crippen molar-refractivity contribution < 1.29 is 9.59 Å². The van der Waals surface area contributed by atoms with Gasteiger partial charge in [0.15, 0.2) is 0 Å². The Morgan fingerprint density at radius 1 is 0.862 bits per heavy atom. The van der Waals surface area contributed by atoms with Crippen LogP contribution < -0.4 is 11.1 Å². The summed E-state index contributed by atoms with van der Waals surface area (Å²) in [7, 11) is 0. The number of hydrogen-bond acceptors (Lipinski definition) is 4. The molecule has 3 fully saturated rings. The fraction of sp³-hybridized carbons (Fsp3) is 0.652. The minimum absolute atomic E-state index is 0.168. The molecule has 2 amide bonds. The molecular weight excluding hydrogens is 364 g/mol. The maximum atomic E-state index is 12.9. The molecule has 6 nitrogen and oxygen atoms in total. The number of nitrogens with one attached hydrogen (secondary N) is 1. The van der Waals surface area contributed by atoms with Gasteiger partial charge in [-0.1, -0.05) is 18.2 Å². The highest BCUT2D eigenvalue weighted by atomic mass is 16.2. The van der Waals surface area contributed by atoms with E-state index in [4.69, 9.17) is 5.73 Å². The summed E-state index contributed by atoms with van der Waals surface area (Å²) in [5.41, 5.74) is 7.99. The van der Waals surface area contributed by atoms with E-state index in [9.17, 15) is 9.59 Å². The van der Waals surface area contributed by atoms with Gasteiger partial charge in [0, 0.05) is 50.2 Å². The molecule has 6 heteroatoms. The first-order chi connectivity index (χ1) is 14.1. The monoisotopic (exact) mass is 398 g/mol. The number of nitrogen functional groups attached to an aromatic ring is 1. The molecular formula is C23H34N4O2. The molecule has 1 saturated heterocycles. The van der Waals surface area contributed by atoms with Crippen molar-refractivity contribution in [1.82, 2.24) is 15.1 Å². The molecule has 158 valence electrons. The van der Waals surface area contributed by atoms with Crippen LogP contribution in [0.4, 0.5) is 5.69 Å². The van der Waals surface area contributed by atoms with E-state index in [2.05, 4.69) is 11.4 Å². The molecule has 1 aliphatic heterocycles. The highest BCUT2D eigenvalue weighted by Gasteiger charge is 2.36. The lowest BCUT2D eigenvalue weighted by molar-refractivity contribution is -0.143. The van der Waals surface area contributed by atoms with Crippen molar-refractivity contribution in [3.05, 3.63) is 29.8 Å². The standard InChI is InChI=1S/C23H34N4O2/c24-21-4-2-1-3-20(21)16-25-15-17-5-7-18(8-6-17)22(28)26-11-13-27(14-12-26)23(29)19-9-10-19/h1-4,17-19,25H,5-16,24H2/t17-,18-. The van der Waals surface area contributed by atoms with Crippen LogP contribution in [-0.2, 0) is 16.1 Å². The highest BCUT2D eigenvalue weighted by molar-refractivity contribution is 5.82. The van der Waals surface area contributed by atoms with Crippen LogP contribution in [-0.4, -0.2) is 54.3 Å². The number of para-hydroxylation sites is 1. The Labute approximate surface area is 173 Å². The topological polar surface area (TPSA) is 78.7 Å². The van der Waals surface area contributed by atoms with Crippen LogP contribution in [0.3, 0.4) is 0 Å². The van der Waals surface area contributed by atoms with Crippen LogP contribution >= 0.6 is 0 Å². The van der Waals surface area contributed by atoms with Crippen molar-refractivity contribution in [3.8, 4) is 0 Å². The molecule has 2 saturated carbocycles. The van der Waals surface area contributed by atoms with Gasteiger partial charge in [-0.2, -0.15) is 0 Å². The number of carbonyl (C=O) groups excluding carboxylic acids is 2. The molecule has 4 rings (SSSR count). The van der Waals surface area contributed by atoms with Crippen molar-refractivity contribution in [1.29, 1.82) is 0 Å². The Hall–Kier alpha value is -2.08. The van der Waals surface area contributed by atoms with Gasteiger partial charge in [0.2, 0.25) is 11.8 Å². The largest absolute Gasteiger partial charge is 0.398 e. The third kappa shape index (κ3) is 5.10. The molecule has 1 aromatic rings. The average molecular weight is 399 g/mol. The molecule has 0 spiro atoms. The van der Waals surface area contributed by atoms with E-state index < -0.39 is 0 Å². The maximum Gasteiger partial charge on any atom is 0.225 e. The summed E-state index contributed by atoms with van der Waals surface area (Å²) in [5.74, 6) is 1.70. The number of nitrogens with zero attached hydrogens (tertiary/aromatic N) is 2. The third-order valence-corrected chi connectivity index (χ3v) is 6.83. The average Bonchev–Trinajstić information content (AvgIpc) is 3.60. The van der Waals surface area contributed by atoms with Crippen LogP contribution in [0.2, 0.25) is 0 Å². The van der Waals surface area contributed by atoms with E-state index in [0.717, 1.165) is 62.9 Å². The number of piperazine rings is 1. The number of anilines is 1. The van der Waals surface area contributed by atoms with Gasteiger partial charge in [-0.3, -0.25) is 9.59 Å². The molecule has 0 aromatic heterocycles. The number of benzene rings is 1. The minimum Gasteiger partial charge on any atom is -0.398 e. The van der Waals surface area contributed by atoms with Gasteiger partial charge in [-0.25, -0.2) is 0 Å². The lowest BCUT2D eigenvalue weighted by Crippen LogP contribution is -2.52. The second kappa shape index (κ2) is 9.16. The van der Waals surface area contributed by atoms with Crippen LogP contribution in [0.5, 0.6) is 0 Å². The van der Waals surface area contributed by atoms with Gasteiger partial charge < -0.3 is 20.9 Å². The van der Waals surface area contributed by atoms with E-state index in [1.54, 1.807) is 0 Å². The molecule has 0 atom stereocenters. The Bertz CT molecular complexity index is 717. The third-order valence-electron chi connectivity index (χ3n) is 6.83. The van der Waals surface area contributed by atoms with Crippen molar-refractivity contribution in [2.75, 3.05) is 38.5 Å². The fourth-order valence-corrected chi connectivity index (χ4v) is 4.71. The minimum atomic E-state index is 0.168. The van der Waals surface area contributed by atoms with Crippen molar-refractivity contribution in [2.45, 2.75) is 45.1 Å². The number of hydrogen-bond donors (Lipinski definition) is 2. The summed E-state index contributed by atoms with van der Waals surface area (Å²) in [6.45, 7) is 4.62. The summed E-state index contributed by atoms with van der Waals surface area (Å²) in [6.07, 6.45) is 6.28. The molecule has 1 aromatic carbocycles. The Kier molecular flexibility index (Phi) is 6.38. The van der Waals surface area contributed by atoms with Gasteiger partial charge in [0.25, 0.3) is 0 Å². The predicted octanol–water partition coefficient (Wildman–Crippen LogP) is 2.25. The second-order valence-corrected chi connectivity index (χ2v) is 8.97. The summed E-state index contributed by atoms with van der Waals surface area (Å²) in [5, 5.41) is 3.54. The molecule has 3 aliphatic rings. The SMILES string of the molecule is Nc1ccccc1CNC[C@H]1CC[C@H](C(=O)N2CCN(C(=O)C3CC3)CC2)CC1. The van der Waals surface area contributed by atoms with Crippen molar-refractivity contribution >= 4 is 17.5 Å². The second-order valence-electron chi connectivity index (χ2n) is 8.97. The lowest BCUT2D eigenvalue weighted by atomic mass is 9.81. The molecule has 29 heavy (non-hydrogen) atoms. The first kappa shape index (κ1) is 20.2. The summed E-state index contributed by atoms with van der Waals surface area (Å²) >= 11 is 0. The first-order valence-electron chi connectivity index (χ1n) is 11.2. The molecule has 3 N–H and O–H groups in total. The molecule has 0 radical (unpaired) electrons. The Balaban J connectivity index is 1.15. The van der Waals surface area contributed by atoms with E-state index in [-0.39, 0.29) is 11.8 Å². The zero-order valence-electron chi connectivity index (χ0n) is 17.3. The molecule has 2 aliphatic carbocycles. The van der Waals surface area contributed by atoms with Gasteiger partial charge in [-0.05, 0) is 62.6 Å². The van der Waals surface area contributed by atoms with Crippen LogP contribution in [0.15, 0.2) is 24.3 Å². The zero-order valence-corrected chi connectivity index (χ0v) is 17.3. The molecule has 0 unspecified atom stereocenters. The van der Waals surface area contributed by atoms with Crippen LogP contribution in [0, 0.1) is 17.8 Å². The maximum absolute atomic E-state index is 12.9. The van der Waals surface area contributed by atoms with E-state index in [1.807, 2.05) is 28.0 Å². The van der Waals surface area contributed by atoms with E-state index in [1.165, 1.54) is 0 Å².